The zero-order chi connectivity index (χ0) is 13.6. The molecule has 1 fully saturated rings. The van der Waals surface area contributed by atoms with E-state index in [0.717, 1.165) is 34.4 Å². The van der Waals surface area contributed by atoms with E-state index in [4.69, 9.17) is 0 Å². The number of rotatable bonds is 3. The molecular weight excluding hydrogens is 308 g/mol. The van der Waals surface area contributed by atoms with Gasteiger partial charge in [-0.05, 0) is 48.7 Å². The summed E-state index contributed by atoms with van der Waals surface area (Å²) in [7, 11) is 0. The fourth-order valence-electron chi connectivity index (χ4n) is 2.20. The average Bonchev–Trinajstić information content (AvgIpc) is 3.08. The van der Waals surface area contributed by atoms with Gasteiger partial charge >= 0.3 is 0 Å². The van der Waals surface area contributed by atoms with Crippen LogP contribution in [0.1, 0.15) is 40.8 Å². The highest BCUT2D eigenvalue weighted by atomic mass is 79.9. The van der Waals surface area contributed by atoms with E-state index in [0.29, 0.717) is 11.7 Å². The van der Waals surface area contributed by atoms with Crippen molar-refractivity contribution in [3.05, 3.63) is 33.8 Å². The lowest BCUT2D eigenvalue weighted by molar-refractivity contribution is 0.101. The highest BCUT2D eigenvalue weighted by Gasteiger charge is 2.28. The van der Waals surface area contributed by atoms with Gasteiger partial charge in [0.15, 0.2) is 0 Å². The van der Waals surface area contributed by atoms with Crippen LogP contribution >= 0.6 is 15.9 Å². The van der Waals surface area contributed by atoms with Crippen LogP contribution in [0.4, 0.5) is 5.69 Å². The molecule has 2 heterocycles. The molecule has 2 aromatic rings. The molecule has 0 bridgehead atoms. The third kappa shape index (κ3) is 2.32. The highest BCUT2D eigenvalue weighted by Crippen LogP contribution is 2.37. The van der Waals surface area contributed by atoms with E-state index in [2.05, 4.69) is 31.4 Å². The summed E-state index contributed by atoms with van der Waals surface area (Å²) in [5.41, 5.74) is 3.13. The molecule has 0 spiro atoms. The van der Waals surface area contributed by atoms with E-state index >= 15 is 0 Å². The number of carbonyl (C=O) groups excluding carboxylic acids is 1. The zero-order valence-electron chi connectivity index (χ0n) is 10.8. The van der Waals surface area contributed by atoms with Crippen molar-refractivity contribution in [2.45, 2.75) is 32.7 Å². The Morgan fingerprint density at radius 1 is 1.53 bits per heavy atom. The summed E-state index contributed by atoms with van der Waals surface area (Å²) < 4.78 is 2.98. The van der Waals surface area contributed by atoms with Crippen molar-refractivity contribution in [2.24, 2.45) is 0 Å². The molecule has 5 nitrogen and oxygen atoms in total. The predicted molar refractivity (Wildman–Crippen MR) is 76.4 cm³/mol. The second-order valence-electron chi connectivity index (χ2n) is 4.95. The third-order valence-electron chi connectivity index (χ3n) is 3.35. The number of amides is 1. The predicted octanol–water partition coefficient (Wildman–Crippen LogP) is 3.18. The number of halogens is 1. The molecule has 1 aliphatic rings. The Labute approximate surface area is 119 Å². The molecule has 0 unspecified atom stereocenters. The van der Waals surface area contributed by atoms with E-state index < -0.39 is 0 Å². The minimum atomic E-state index is -0.0924. The van der Waals surface area contributed by atoms with E-state index in [1.807, 2.05) is 30.7 Å². The number of aromatic nitrogens is 3. The highest BCUT2D eigenvalue weighted by molar-refractivity contribution is 9.10. The lowest BCUT2D eigenvalue weighted by Gasteiger charge is -2.08. The monoisotopic (exact) mass is 322 g/mol. The van der Waals surface area contributed by atoms with Gasteiger partial charge in [0.05, 0.1) is 17.1 Å². The van der Waals surface area contributed by atoms with Gasteiger partial charge in [-0.25, -0.2) is 0 Å². The van der Waals surface area contributed by atoms with Crippen molar-refractivity contribution < 1.29 is 4.79 Å². The molecule has 0 aromatic carbocycles. The smallest absolute Gasteiger partial charge is 0.272 e. The summed E-state index contributed by atoms with van der Waals surface area (Å²) >= 11 is 3.43. The Hall–Kier alpha value is -1.56. The summed E-state index contributed by atoms with van der Waals surface area (Å²) in [6.45, 7) is 3.76. The molecule has 1 amide bonds. The third-order valence-corrected chi connectivity index (χ3v) is 3.79. The van der Waals surface area contributed by atoms with Gasteiger partial charge < -0.3 is 9.88 Å². The van der Waals surface area contributed by atoms with Crippen LogP contribution in [0, 0.1) is 13.8 Å². The quantitative estimate of drug-likeness (QED) is 0.911. The number of H-pyrrole nitrogens is 1. The Morgan fingerprint density at radius 3 is 2.84 bits per heavy atom. The minimum Gasteiger partial charge on any atom is -0.339 e. The Balaban J connectivity index is 1.88. The Morgan fingerprint density at radius 2 is 2.26 bits per heavy atom. The maximum atomic E-state index is 12.4. The number of aromatic amines is 1. The van der Waals surface area contributed by atoms with Crippen LogP contribution < -0.4 is 5.32 Å². The van der Waals surface area contributed by atoms with E-state index in [9.17, 15) is 4.79 Å². The maximum Gasteiger partial charge on any atom is 0.272 e. The molecule has 1 aliphatic carbocycles. The summed E-state index contributed by atoms with van der Waals surface area (Å²) in [4.78, 5) is 12.4. The average molecular weight is 323 g/mol. The van der Waals surface area contributed by atoms with Gasteiger partial charge in [-0.15, -0.1) is 0 Å². The largest absolute Gasteiger partial charge is 0.339 e. The molecular formula is C13H15BrN4O. The number of nitrogens with one attached hydrogen (secondary N) is 2. The van der Waals surface area contributed by atoms with Crippen LogP contribution in [0.15, 0.2) is 16.7 Å². The van der Waals surface area contributed by atoms with Gasteiger partial charge in [-0.3, -0.25) is 9.89 Å². The van der Waals surface area contributed by atoms with E-state index in [1.54, 1.807) is 0 Å². The molecule has 0 saturated heterocycles. The van der Waals surface area contributed by atoms with Crippen molar-refractivity contribution in [3.8, 4) is 0 Å². The molecule has 0 atom stereocenters. The SMILES string of the molecule is Cc1n[nH]c(C)c1NC(=O)c1cc(Br)cn1C1CC1. The fraction of sp³-hybridized carbons (Fsp3) is 0.385. The first-order valence-corrected chi connectivity index (χ1v) is 7.06. The molecule has 0 aliphatic heterocycles. The first-order valence-electron chi connectivity index (χ1n) is 6.26. The first kappa shape index (κ1) is 12.5. The molecule has 2 aromatic heterocycles. The van der Waals surface area contributed by atoms with Crippen molar-refractivity contribution in [1.82, 2.24) is 14.8 Å². The molecule has 100 valence electrons. The first-order chi connectivity index (χ1) is 9.06. The molecule has 6 heteroatoms. The Kier molecular flexibility index (Phi) is 2.97. The van der Waals surface area contributed by atoms with Gasteiger partial charge in [-0.2, -0.15) is 5.10 Å². The Bertz CT molecular complexity index is 620. The van der Waals surface area contributed by atoms with Crippen LogP contribution in [-0.4, -0.2) is 20.7 Å². The topological polar surface area (TPSA) is 62.7 Å². The van der Waals surface area contributed by atoms with Gasteiger partial charge in [-0.1, -0.05) is 0 Å². The van der Waals surface area contributed by atoms with Crippen molar-refractivity contribution in [2.75, 3.05) is 5.32 Å². The van der Waals surface area contributed by atoms with Crippen molar-refractivity contribution >= 4 is 27.5 Å². The van der Waals surface area contributed by atoms with Crippen LogP contribution in [-0.2, 0) is 0 Å². The summed E-state index contributed by atoms with van der Waals surface area (Å²) in [5.74, 6) is -0.0924. The lowest BCUT2D eigenvalue weighted by atomic mass is 10.3. The van der Waals surface area contributed by atoms with Gasteiger partial charge in [0.1, 0.15) is 5.69 Å². The molecule has 19 heavy (non-hydrogen) atoms. The fourth-order valence-corrected chi connectivity index (χ4v) is 2.63. The van der Waals surface area contributed by atoms with Crippen LogP contribution in [0.5, 0.6) is 0 Å². The van der Waals surface area contributed by atoms with Crippen molar-refractivity contribution in [1.29, 1.82) is 0 Å². The summed E-state index contributed by atoms with van der Waals surface area (Å²) in [5, 5.41) is 9.89. The zero-order valence-corrected chi connectivity index (χ0v) is 12.4. The number of anilines is 1. The molecule has 1 saturated carbocycles. The number of carbonyl (C=O) groups is 1. The second kappa shape index (κ2) is 4.52. The summed E-state index contributed by atoms with van der Waals surface area (Å²) in [6.07, 6.45) is 4.26. The van der Waals surface area contributed by atoms with E-state index in [-0.39, 0.29) is 5.91 Å². The van der Waals surface area contributed by atoms with Crippen LogP contribution in [0.2, 0.25) is 0 Å². The standard InChI is InChI=1S/C13H15BrN4O/c1-7-12(8(2)17-16-7)15-13(19)11-5-9(14)6-18(11)10-3-4-10/h5-6,10H,3-4H2,1-2H3,(H,15,19)(H,16,17). The number of aryl methyl sites for hydroxylation is 2. The molecule has 3 rings (SSSR count). The molecule has 2 N–H and O–H groups in total. The minimum absolute atomic E-state index is 0.0924. The summed E-state index contributed by atoms with van der Waals surface area (Å²) in [6, 6.07) is 2.33. The number of hydrogen-bond acceptors (Lipinski definition) is 2. The van der Waals surface area contributed by atoms with Gasteiger partial charge in [0, 0.05) is 16.7 Å². The molecule has 0 radical (unpaired) electrons. The number of hydrogen-bond donors (Lipinski definition) is 2. The van der Waals surface area contributed by atoms with Crippen LogP contribution in [0.25, 0.3) is 0 Å². The van der Waals surface area contributed by atoms with E-state index in [1.165, 1.54) is 0 Å². The number of nitrogens with zero attached hydrogens (tertiary/aromatic N) is 2. The van der Waals surface area contributed by atoms with Gasteiger partial charge in [0.2, 0.25) is 0 Å². The van der Waals surface area contributed by atoms with Gasteiger partial charge in [0.25, 0.3) is 5.91 Å². The van der Waals surface area contributed by atoms with Crippen LogP contribution in [0.3, 0.4) is 0 Å². The second-order valence-corrected chi connectivity index (χ2v) is 5.86. The normalized spacial score (nSPS) is 14.7. The maximum absolute atomic E-state index is 12.4. The lowest BCUT2D eigenvalue weighted by Crippen LogP contribution is -2.17. The van der Waals surface area contributed by atoms with Crippen molar-refractivity contribution in [3.63, 3.8) is 0 Å².